The molecule has 2 N–H and O–H groups in total. The Morgan fingerprint density at radius 3 is 2.52 bits per heavy atom. The molecule has 9 heteroatoms. The van der Waals surface area contributed by atoms with Crippen molar-refractivity contribution in [2.24, 2.45) is 4.99 Å². The number of hydrogen-bond donors (Lipinski definition) is 2. The first-order valence-electron chi connectivity index (χ1n) is 7.33. The van der Waals surface area contributed by atoms with Gasteiger partial charge in [-0.2, -0.15) is 0 Å². The predicted octanol–water partition coefficient (Wildman–Crippen LogP) is -1.15. The maximum atomic E-state index is 12.6. The number of aromatic nitrogens is 2. The summed E-state index contributed by atoms with van der Waals surface area (Å²) in [5, 5.41) is 18.8. The van der Waals surface area contributed by atoms with Crippen LogP contribution < -0.4 is 4.57 Å². The zero-order chi connectivity index (χ0) is 17.0. The molecule has 3 heterocycles. The summed E-state index contributed by atoms with van der Waals surface area (Å²) in [5.74, 6) is 0.540. The monoisotopic (exact) mass is 322 g/mol. The van der Waals surface area contributed by atoms with E-state index in [9.17, 15) is 14.7 Å². The van der Waals surface area contributed by atoms with Crippen LogP contribution in [0.3, 0.4) is 0 Å². The van der Waals surface area contributed by atoms with E-state index in [1.54, 1.807) is 16.2 Å². The van der Waals surface area contributed by atoms with Gasteiger partial charge in [-0.05, 0) is 13.8 Å². The number of imidazole rings is 1. The number of urea groups is 1. The molecule has 9 nitrogen and oxygen atoms in total. The van der Waals surface area contributed by atoms with Gasteiger partial charge in [-0.15, -0.1) is 0 Å². The number of amidine groups is 1. The molecule has 0 saturated carbocycles. The van der Waals surface area contributed by atoms with E-state index in [0.717, 1.165) is 16.3 Å². The zero-order valence-corrected chi connectivity index (χ0v) is 13.5. The fourth-order valence-corrected chi connectivity index (χ4v) is 3.07. The van der Waals surface area contributed by atoms with Crippen LogP contribution in [0, 0.1) is 13.8 Å². The molecule has 2 unspecified atom stereocenters. The Balaban J connectivity index is 2.15. The van der Waals surface area contributed by atoms with Crippen LogP contribution in [0.15, 0.2) is 4.99 Å². The molecule has 1 aromatic rings. The molecule has 2 aliphatic heterocycles. The number of hydrogen-bond acceptors (Lipinski definition) is 5. The number of carbonyl (C=O) groups excluding carboxylic acids is 2. The minimum atomic E-state index is -0.925. The summed E-state index contributed by atoms with van der Waals surface area (Å²) in [6.07, 6.45) is -0.925. The third kappa shape index (κ3) is 2.00. The zero-order valence-electron chi connectivity index (χ0n) is 13.5. The largest absolute Gasteiger partial charge is 0.402 e. The molecule has 1 saturated heterocycles. The lowest BCUT2D eigenvalue weighted by atomic mass is 10.1. The van der Waals surface area contributed by atoms with Crippen molar-refractivity contribution < 1.29 is 24.4 Å². The standard InChI is InChI=1S/C14H20N5O4/c1-7-8(2)19-10-11(16(3)14(23)17(4)12(10)22)15-13(19)18(7)5-9(21)6-20/h9-10,20-21H,5-6H2,1-4H3/q+1. The average Bonchev–Trinajstić information content (AvgIpc) is 3.03. The van der Waals surface area contributed by atoms with Crippen molar-refractivity contribution in [2.75, 3.05) is 20.7 Å². The van der Waals surface area contributed by atoms with Gasteiger partial charge in [0, 0.05) is 14.1 Å². The van der Waals surface area contributed by atoms with Crippen LogP contribution in [0.5, 0.6) is 0 Å². The van der Waals surface area contributed by atoms with Crippen molar-refractivity contribution in [1.82, 2.24) is 14.4 Å². The first-order chi connectivity index (χ1) is 10.8. The highest BCUT2D eigenvalue weighted by Crippen LogP contribution is 2.34. The highest BCUT2D eigenvalue weighted by molar-refractivity contribution is 6.20. The van der Waals surface area contributed by atoms with Crippen LogP contribution in [0.1, 0.15) is 17.4 Å². The lowest BCUT2D eigenvalue weighted by Crippen LogP contribution is -2.56. The molecule has 2 aliphatic rings. The van der Waals surface area contributed by atoms with Gasteiger partial charge in [0.25, 0.3) is 5.91 Å². The normalized spacial score (nSPS) is 21.5. The molecule has 3 rings (SSSR count). The minimum absolute atomic E-state index is 0.163. The topological polar surface area (TPSA) is 102 Å². The average molecular weight is 322 g/mol. The first kappa shape index (κ1) is 15.6. The maximum Gasteiger partial charge on any atom is 0.402 e. The molecular formula is C14H20N5O4+. The number of nitrogens with zero attached hydrogens (tertiary/aromatic N) is 5. The second-order valence-electron chi connectivity index (χ2n) is 5.90. The van der Waals surface area contributed by atoms with E-state index in [1.807, 2.05) is 13.8 Å². The van der Waals surface area contributed by atoms with Crippen LogP contribution in [-0.2, 0) is 11.3 Å². The van der Waals surface area contributed by atoms with Gasteiger partial charge >= 0.3 is 12.0 Å². The first-order valence-corrected chi connectivity index (χ1v) is 7.33. The third-order valence-corrected chi connectivity index (χ3v) is 4.55. The van der Waals surface area contributed by atoms with Crippen LogP contribution in [-0.4, -0.2) is 69.2 Å². The smallest absolute Gasteiger partial charge is 0.394 e. The Morgan fingerprint density at radius 1 is 1.26 bits per heavy atom. The van der Waals surface area contributed by atoms with Gasteiger partial charge in [-0.3, -0.25) is 14.6 Å². The van der Waals surface area contributed by atoms with E-state index >= 15 is 0 Å². The Morgan fingerprint density at radius 2 is 1.91 bits per heavy atom. The highest BCUT2D eigenvalue weighted by atomic mass is 16.3. The van der Waals surface area contributed by atoms with Gasteiger partial charge in [-0.25, -0.2) is 13.9 Å². The molecule has 1 fully saturated rings. The van der Waals surface area contributed by atoms with Crippen molar-refractivity contribution in [3.63, 3.8) is 0 Å². The number of aliphatic imine (C=N–C) groups is 1. The van der Waals surface area contributed by atoms with Crippen molar-refractivity contribution in [3.05, 3.63) is 11.4 Å². The third-order valence-electron chi connectivity index (χ3n) is 4.55. The molecular weight excluding hydrogens is 302 g/mol. The minimum Gasteiger partial charge on any atom is -0.394 e. The number of fused-ring (bicyclic) bond motifs is 3. The summed E-state index contributed by atoms with van der Waals surface area (Å²) < 4.78 is 3.53. The molecule has 0 aliphatic carbocycles. The molecule has 1 aromatic heterocycles. The van der Waals surface area contributed by atoms with Crippen molar-refractivity contribution in [3.8, 4) is 0 Å². The van der Waals surface area contributed by atoms with Crippen molar-refractivity contribution in [1.29, 1.82) is 0 Å². The molecule has 0 radical (unpaired) electrons. The van der Waals surface area contributed by atoms with Crippen molar-refractivity contribution in [2.45, 2.75) is 32.5 Å². The predicted molar refractivity (Wildman–Crippen MR) is 79.3 cm³/mol. The number of aliphatic hydroxyl groups is 2. The van der Waals surface area contributed by atoms with E-state index in [1.165, 1.54) is 11.9 Å². The Kier molecular flexibility index (Phi) is 3.49. The maximum absolute atomic E-state index is 12.6. The second kappa shape index (κ2) is 5.14. The Bertz CT molecular complexity index is 738. The van der Waals surface area contributed by atoms with Gasteiger partial charge in [0.1, 0.15) is 17.5 Å². The van der Waals surface area contributed by atoms with Crippen LogP contribution in [0.4, 0.5) is 10.7 Å². The van der Waals surface area contributed by atoms with Crippen LogP contribution in [0.25, 0.3) is 0 Å². The lowest BCUT2D eigenvalue weighted by molar-refractivity contribution is -0.696. The molecule has 23 heavy (non-hydrogen) atoms. The Hall–Kier alpha value is -2.26. The molecule has 0 spiro atoms. The van der Waals surface area contributed by atoms with Gasteiger partial charge < -0.3 is 10.2 Å². The van der Waals surface area contributed by atoms with Gasteiger partial charge in [0.2, 0.25) is 11.9 Å². The van der Waals surface area contributed by atoms with E-state index < -0.39 is 18.2 Å². The quantitative estimate of drug-likeness (QED) is 0.686. The number of amides is 3. The number of aliphatic hydroxyl groups excluding tert-OH is 2. The summed E-state index contributed by atoms with van der Waals surface area (Å²) in [5.41, 5.74) is 1.68. The fourth-order valence-electron chi connectivity index (χ4n) is 3.07. The fraction of sp³-hybridized carbons (Fsp3) is 0.571. The van der Waals surface area contributed by atoms with Crippen molar-refractivity contribution >= 4 is 23.7 Å². The number of rotatable bonds is 3. The molecule has 0 bridgehead atoms. The van der Waals surface area contributed by atoms with E-state index in [0.29, 0.717) is 11.8 Å². The molecule has 2 atom stereocenters. The summed E-state index contributed by atoms with van der Waals surface area (Å²) in [6.45, 7) is 3.53. The summed E-state index contributed by atoms with van der Waals surface area (Å²) in [7, 11) is 3.03. The SMILES string of the molecule is Cc1c(C)[n+](CC(O)CO)c2n1C1C(=O)N(C)C(=O)N(C)C1=N2. The van der Waals surface area contributed by atoms with Gasteiger partial charge in [0.15, 0.2) is 0 Å². The van der Waals surface area contributed by atoms with Gasteiger partial charge in [-0.1, -0.05) is 4.99 Å². The van der Waals surface area contributed by atoms with Crippen LogP contribution >= 0.6 is 0 Å². The molecule has 3 amide bonds. The lowest BCUT2D eigenvalue weighted by Gasteiger charge is -2.30. The highest BCUT2D eigenvalue weighted by Gasteiger charge is 2.53. The number of carbonyl (C=O) groups is 2. The second-order valence-corrected chi connectivity index (χ2v) is 5.90. The summed E-state index contributed by atoms with van der Waals surface area (Å²) >= 11 is 0. The van der Waals surface area contributed by atoms with Gasteiger partial charge in [0.05, 0.1) is 13.2 Å². The summed E-state index contributed by atoms with van der Waals surface area (Å²) in [6, 6.07) is -1.10. The van der Waals surface area contributed by atoms with E-state index in [2.05, 4.69) is 4.99 Å². The Labute approximate surface area is 133 Å². The number of imide groups is 1. The van der Waals surface area contributed by atoms with Crippen LogP contribution in [0.2, 0.25) is 0 Å². The summed E-state index contributed by atoms with van der Waals surface area (Å²) in [4.78, 5) is 31.5. The van der Waals surface area contributed by atoms with E-state index in [-0.39, 0.29) is 19.1 Å². The van der Waals surface area contributed by atoms with E-state index in [4.69, 9.17) is 5.11 Å². The number of likely N-dealkylation sites (N-methyl/N-ethyl adjacent to an activating group) is 2. The molecule has 124 valence electrons. The molecule has 0 aromatic carbocycles.